The minimum Gasteiger partial charge on any atom is -0.340 e. The van der Waals surface area contributed by atoms with E-state index >= 15 is 0 Å². The van der Waals surface area contributed by atoms with E-state index in [9.17, 15) is 17.6 Å². The fourth-order valence-electron chi connectivity index (χ4n) is 4.07. The predicted molar refractivity (Wildman–Crippen MR) is 119 cm³/mol. The predicted octanol–water partition coefficient (Wildman–Crippen LogP) is 2.76. The molecule has 0 atom stereocenters. The SMILES string of the molecule is Cc1cc(C)c(S(=O)(=O)N(CCC(=O)N2CCNCC2)Cc2ccc(F)cc2)c(C)c1. The molecule has 2 aromatic rings. The number of sulfonamides is 1. The summed E-state index contributed by atoms with van der Waals surface area (Å²) in [5.41, 5.74) is 3.01. The van der Waals surface area contributed by atoms with Crippen molar-refractivity contribution in [1.82, 2.24) is 14.5 Å². The smallest absolute Gasteiger partial charge is 0.243 e. The van der Waals surface area contributed by atoms with Crippen molar-refractivity contribution in [3.63, 3.8) is 0 Å². The highest BCUT2D eigenvalue weighted by Gasteiger charge is 2.29. The van der Waals surface area contributed by atoms with Crippen LogP contribution in [-0.2, 0) is 21.4 Å². The molecule has 1 N–H and O–H groups in total. The number of aryl methyl sites for hydroxylation is 3. The molecule has 8 heteroatoms. The van der Waals surface area contributed by atoms with Crippen LogP contribution >= 0.6 is 0 Å². The van der Waals surface area contributed by atoms with Crippen LogP contribution in [0.15, 0.2) is 41.3 Å². The maximum atomic E-state index is 13.7. The second-order valence-corrected chi connectivity index (χ2v) is 9.95. The molecule has 0 aromatic heterocycles. The monoisotopic (exact) mass is 447 g/mol. The van der Waals surface area contributed by atoms with Crippen molar-refractivity contribution in [1.29, 1.82) is 0 Å². The van der Waals surface area contributed by atoms with Gasteiger partial charge in [-0.15, -0.1) is 0 Å². The van der Waals surface area contributed by atoms with Crippen LogP contribution in [0.25, 0.3) is 0 Å². The standard InChI is InChI=1S/C23H30FN3O3S/c1-17-14-18(2)23(19(3)15-17)31(29,30)27(16-20-4-6-21(24)7-5-20)11-8-22(28)26-12-9-25-10-13-26/h4-7,14-15,25H,8-13,16H2,1-3H3. The van der Waals surface area contributed by atoms with Gasteiger partial charge in [0, 0.05) is 45.7 Å². The summed E-state index contributed by atoms with van der Waals surface area (Å²) in [4.78, 5) is 14.7. The summed E-state index contributed by atoms with van der Waals surface area (Å²) in [6.07, 6.45) is 0.102. The van der Waals surface area contributed by atoms with E-state index in [1.54, 1.807) is 30.9 Å². The van der Waals surface area contributed by atoms with Gasteiger partial charge >= 0.3 is 0 Å². The number of halogens is 1. The molecule has 1 aliphatic heterocycles. The molecule has 1 heterocycles. The zero-order valence-electron chi connectivity index (χ0n) is 18.3. The number of benzene rings is 2. The first-order chi connectivity index (χ1) is 14.7. The lowest BCUT2D eigenvalue weighted by Crippen LogP contribution is -2.47. The number of nitrogens with one attached hydrogen (secondary N) is 1. The first-order valence-electron chi connectivity index (χ1n) is 10.5. The minimum absolute atomic E-state index is 0.0573. The lowest BCUT2D eigenvalue weighted by Gasteiger charge is -2.29. The van der Waals surface area contributed by atoms with Gasteiger partial charge in [0.15, 0.2) is 0 Å². The van der Waals surface area contributed by atoms with Gasteiger partial charge in [0.25, 0.3) is 0 Å². The van der Waals surface area contributed by atoms with Crippen LogP contribution in [0.1, 0.15) is 28.7 Å². The molecule has 2 aromatic carbocycles. The molecule has 0 unspecified atom stereocenters. The summed E-state index contributed by atoms with van der Waals surface area (Å²) in [7, 11) is -3.86. The molecule has 168 valence electrons. The summed E-state index contributed by atoms with van der Waals surface area (Å²) in [5, 5.41) is 3.20. The Morgan fingerprint density at radius 2 is 1.65 bits per heavy atom. The second-order valence-electron chi connectivity index (χ2n) is 8.07. The summed E-state index contributed by atoms with van der Waals surface area (Å²) >= 11 is 0. The number of piperazine rings is 1. The molecule has 0 aliphatic carbocycles. The maximum Gasteiger partial charge on any atom is 0.243 e. The summed E-state index contributed by atoms with van der Waals surface area (Å²) < 4.78 is 42.0. The topological polar surface area (TPSA) is 69.7 Å². The molecule has 0 radical (unpaired) electrons. The number of carbonyl (C=O) groups is 1. The molecular weight excluding hydrogens is 417 g/mol. The van der Waals surface area contributed by atoms with Gasteiger partial charge in [-0.2, -0.15) is 4.31 Å². The molecular formula is C23H30FN3O3S. The highest BCUT2D eigenvalue weighted by molar-refractivity contribution is 7.89. The average molecular weight is 448 g/mol. The van der Waals surface area contributed by atoms with Gasteiger partial charge in [-0.05, 0) is 49.6 Å². The second kappa shape index (κ2) is 9.89. The van der Waals surface area contributed by atoms with Crippen molar-refractivity contribution in [2.24, 2.45) is 0 Å². The van der Waals surface area contributed by atoms with E-state index in [4.69, 9.17) is 0 Å². The number of nitrogens with zero attached hydrogens (tertiary/aromatic N) is 2. The van der Waals surface area contributed by atoms with Crippen molar-refractivity contribution in [2.45, 2.75) is 38.6 Å². The van der Waals surface area contributed by atoms with Crippen LogP contribution in [0.2, 0.25) is 0 Å². The quantitative estimate of drug-likeness (QED) is 0.709. The van der Waals surface area contributed by atoms with E-state index in [-0.39, 0.29) is 36.1 Å². The fraction of sp³-hybridized carbons (Fsp3) is 0.435. The van der Waals surface area contributed by atoms with E-state index in [1.165, 1.54) is 16.4 Å². The van der Waals surface area contributed by atoms with Gasteiger partial charge in [-0.3, -0.25) is 4.79 Å². The summed E-state index contributed by atoms with van der Waals surface area (Å²) in [6.45, 7) is 8.37. The van der Waals surface area contributed by atoms with Gasteiger partial charge < -0.3 is 10.2 Å². The van der Waals surface area contributed by atoms with Crippen molar-refractivity contribution in [3.8, 4) is 0 Å². The van der Waals surface area contributed by atoms with Crippen molar-refractivity contribution in [3.05, 3.63) is 64.5 Å². The van der Waals surface area contributed by atoms with E-state index in [0.717, 1.165) is 18.7 Å². The number of rotatable bonds is 7. The Hall–Kier alpha value is -2.29. The van der Waals surface area contributed by atoms with Crippen LogP contribution in [-0.4, -0.2) is 56.3 Å². The highest BCUT2D eigenvalue weighted by atomic mass is 32.2. The zero-order chi connectivity index (χ0) is 22.6. The Bertz CT molecular complexity index is 1010. The van der Waals surface area contributed by atoms with Crippen molar-refractivity contribution < 1.29 is 17.6 Å². The third-order valence-corrected chi connectivity index (χ3v) is 7.67. The molecule has 31 heavy (non-hydrogen) atoms. The molecule has 1 aliphatic rings. The Morgan fingerprint density at radius 1 is 1.06 bits per heavy atom. The van der Waals surface area contributed by atoms with Gasteiger partial charge in [-0.25, -0.2) is 12.8 Å². The van der Waals surface area contributed by atoms with Crippen LogP contribution in [0.4, 0.5) is 4.39 Å². The third kappa shape index (κ3) is 5.70. The Morgan fingerprint density at radius 3 is 2.23 bits per heavy atom. The molecule has 6 nitrogen and oxygen atoms in total. The van der Waals surface area contributed by atoms with Crippen LogP contribution in [0, 0.1) is 26.6 Å². The van der Waals surface area contributed by atoms with E-state index in [1.807, 2.05) is 19.1 Å². The molecule has 0 bridgehead atoms. The van der Waals surface area contributed by atoms with E-state index in [0.29, 0.717) is 29.8 Å². The van der Waals surface area contributed by atoms with E-state index in [2.05, 4.69) is 5.32 Å². The number of amides is 1. The minimum atomic E-state index is -3.86. The Kier molecular flexibility index (Phi) is 7.46. The van der Waals surface area contributed by atoms with Gasteiger partial charge in [0.1, 0.15) is 5.82 Å². The van der Waals surface area contributed by atoms with E-state index < -0.39 is 10.0 Å². The number of hydrogen-bond donors (Lipinski definition) is 1. The molecule has 3 rings (SSSR count). The molecule has 0 saturated carbocycles. The molecule has 0 spiro atoms. The average Bonchev–Trinajstić information content (AvgIpc) is 2.71. The normalized spacial score (nSPS) is 14.8. The first-order valence-corrected chi connectivity index (χ1v) is 11.9. The number of hydrogen-bond acceptors (Lipinski definition) is 4. The lowest BCUT2D eigenvalue weighted by molar-refractivity contribution is -0.131. The largest absolute Gasteiger partial charge is 0.340 e. The van der Waals surface area contributed by atoms with Crippen LogP contribution in [0.5, 0.6) is 0 Å². The molecule has 1 fully saturated rings. The van der Waals surface area contributed by atoms with Crippen molar-refractivity contribution in [2.75, 3.05) is 32.7 Å². The lowest BCUT2D eigenvalue weighted by atomic mass is 10.1. The zero-order valence-corrected chi connectivity index (χ0v) is 19.1. The first kappa shape index (κ1) is 23.4. The van der Waals surface area contributed by atoms with Gasteiger partial charge in [-0.1, -0.05) is 29.8 Å². The van der Waals surface area contributed by atoms with Crippen LogP contribution < -0.4 is 5.32 Å². The third-order valence-electron chi connectivity index (χ3n) is 5.52. The Balaban J connectivity index is 1.89. The van der Waals surface area contributed by atoms with Crippen molar-refractivity contribution >= 4 is 15.9 Å². The van der Waals surface area contributed by atoms with Crippen LogP contribution in [0.3, 0.4) is 0 Å². The highest BCUT2D eigenvalue weighted by Crippen LogP contribution is 2.27. The Labute approximate surface area is 184 Å². The molecule has 1 amide bonds. The summed E-state index contributed by atoms with van der Waals surface area (Å²) in [5.74, 6) is -0.435. The number of carbonyl (C=O) groups excluding carboxylic acids is 1. The van der Waals surface area contributed by atoms with Gasteiger partial charge in [0.05, 0.1) is 4.90 Å². The summed E-state index contributed by atoms with van der Waals surface area (Å²) in [6, 6.07) is 9.47. The van der Waals surface area contributed by atoms with Gasteiger partial charge in [0.2, 0.25) is 15.9 Å². The fourth-order valence-corrected chi connectivity index (χ4v) is 5.91. The molecule has 1 saturated heterocycles. The maximum absolute atomic E-state index is 13.7.